The second kappa shape index (κ2) is 7.29. The number of nitrogens with two attached hydrogens (primary N) is 2. The van der Waals surface area contributed by atoms with Gasteiger partial charge < -0.3 is 10.8 Å². The highest BCUT2D eigenvalue weighted by Crippen LogP contribution is 2.25. The number of nitrogens with zero attached hydrogens (tertiary/aromatic N) is 4. The molecule has 0 aliphatic carbocycles. The molecular formula is C17H19FN6O. The van der Waals surface area contributed by atoms with Crippen LogP contribution in [0.15, 0.2) is 48.8 Å². The number of pyridine rings is 1. The second-order valence-electron chi connectivity index (χ2n) is 5.58. The molecule has 0 unspecified atom stereocenters. The van der Waals surface area contributed by atoms with E-state index in [2.05, 4.69) is 10.1 Å². The summed E-state index contributed by atoms with van der Waals surface area (Å²) in [4.78, 5) is 4.52. The van der Waals surface area contributed by atoms with Crippen molar-refractivity contribution in [2.24, 2.45) is 5.84 Å². The molecule has 0 spiro atoms. The fourth-order valence-corrected chi connectivity index (χ4v) is 2.43. The quantitative estimate of drug-likeness (QED) is 0.463. The lowest BCUT2D eigenvalue weighted by Gasteiger charge is -2.20. The van der Waals surface area contributed by atoms with Gasteiger partial charge in [0, 0.05) is 11.8 Å². The van der Waals surface area contributed by atoms with Crippen LogP contribution in [0.4, 0.5) is 15.9 Å². The third kappa shape index (κ3) is 3.93. The molecule has 25 heavy (non-hydrogen) atoms. The molecule has 0 saturated heterocycles. The van der Waals surface area contributed by atoms with Crippen LogP contribution in [0.3, 0.4) is 0 Å². The van der Waals surface area contributed by atoms with Crippen LogP contribution in [-0.4, -0.2) is 26.5 Å². The molecule has 1 aromatic carbocycles. The van der Waals surface area contributed by atoms with Crippen molar-refractivity contribution in [3.63, 3.8) is 0 Å². The van der Waals surface area contributed by atoms with Gasteiger partial charge in [0.25, 0.3) is 0 Å². The van der Waals surface area contributed by atoms with E-state index in [1.165, 1.54) is 17.1 Å². The Bertz CT molecular complexity index is 849. The zero-order chi connectivity index (χ0) is 17.8. The van der Waals surface area contributed by atoms with Gasteiger partial charge >= 0.3 is 0 Å². The van der Waals surface area contributed by atoms with Gasteiger partial charge in [-0.15, -0.1) is 0 Å². The molecule has 0 atom stereocenters. The monoisotopic (exact) mass is 342 g/mol. The number of hydrazine groups is 1. The van der Waals surface area contributed by atoms with E-state index in [1.807, 2.05) is 0 Å². The van der Waals surface area contributed by atoms with E-state index >= 15 is 0 Å². The predicted octanol–water partition coefficient (Wildman–Crippen LogP) is 1.54. The Morgan fingerprint density at radius 3 is 2.64 bits per heavy atom. The van der Waals surface area contributed by atoms with Gasteiger partial charge in [-0.1, -0.05) is 12.1 Å². The van der Waals surface area contributed by atoms with E-state index < -0.39 is 0 Å². The van der Waals surface area contributed by atoms with E-state index in [4.69, 9.17) is 16.7 Å². The summed E-state index contributed by atoms with van der Waals surface area (Å²) in [6.07, 6.45) is 3.46. The highest BCUT2D eigenvalue weighted by Gasteiger charge is 2.12. The molecule has 3 rings (SSSR count). The maximum Gasteiger partial charge on any atom is 0.166 e. The molecule has 5 N–H and O–H groups in total. The van der Waals surface area contributed by atoms with Crippen molar-refractivity contribution in [2.45, 2.75) is 13.1 Å². The molecule has 0 amide bonds. The normalized spacial score (nSPS) is 10.8. The third-order valence-corrected chi connectivity index (χ3v) is 3.70. The summed E-state index contributed by atoms with van der Waals surface area (Å²) >= 11 is 0. The van der Waals surface area contributed by atoms with Crippen molar-refractivity contribution in [1.29, 1.82) is 0 Å². The van der Waals surface area contributed by atoms with Gasteiger partial charge in [0.1, 0.15) is 5.82 Å². The number of halogens is 1. The molecule has 2 heterocycles. The number of rotatable bonds is 6. The molecule has 130 valence electrons. The fourth-order valence-electron chi connectivity index (χ4n) is 2.43. The lowest BCUT2D eigenvalue weighted by molar-refractivity contribution is 0.269. The van der Waals surface area contributed by atoms with Gasteiger partial charge in [-0.05, 0) is 29.8 Å². The minimum atomic E-state index is -0.299. The molecule has 0 saturated carbocycles. The Labute approximate surface area is 144 Å². The van der Waals surface area contributed by atoms with E-state index in [-0.39, 0.29) is 12.4 Å². The lowest BCUT2D eigenvalue weighted by Crippen LogP contribution is -2.31. The molecule has 8 heteroatoms. The molecule has 0 aliphatic heterocycles. The lowest BCUT2D eigenvalue weighted by atomic mass is 10.2. The fraction of sp³-hybridized carbons (Fsp3) is 0.176. The van der Waals surface area contributed by atoms with Crippen LogP contribution in [0, 0.1) is 5.82 Å². The van der Waals surface area contributed by atoms with Crippen LogP contribution in [0.2, 0.25) is 0 Å². The van der Waals surface area contributed by atoms with E-state index in [0.717, 1.165) is 11.1 Å². The number of aliphatic hydroxyl groups is 1. The summed E-state index contributed by atoms with van der Waals surface area (Å²) in [5.74, 6) is 6.24. The molecular weight excluding hydrogens is 323 g/mol. The Balaban J connectivity index is 1.83. The SMILES string of the molecule is Nc1ccc(-c2cnn(CCO)c2)nc1N(N)Cc1ccc(F)cc1. The third-order valence-electron chi connectivity index (χ3n) is 3.70. The van der Waals surface area contributed by atoms with Gasteiger partial charge in [-0.2, -0.15) is 5.10 Å². The van der Waals surface area contributed by atoms with Gasteiger partial charge in [-0.25, -0.2) is 15.2 Å². The zero-order valence-electron chi connectivity index (χ0n) is 13.5. The van der Waals surface area contributed by atoms with E-state index in [0.29, 0.717) is 30.3 Å². The maximum absolute atomic E-state index is 13.0. The topological polar surface area (TPSA) is 106 Å². The maximum atomic E-state index is 13.0. The van der Waals surface area contributed by atoms with Crippen molar-refractivity contribution in [3.05, 3.63) is 60.2 Å². The van der Waals surface area contributed by atoms with Crippen LogP contribution in [-0.2, 0) is 13.1 Å². The van der Waals surface area contributed by atoms with Crippen molar-refractivity contribution >= 4 is 11.5 Å². The highest BCUT2D eigenvalue weighted by molar-refractivity contribution is 5.69. The van der Waals surface area contributed by atoms with Crippen molar-refractivity contribution in [1.82, 2.24) is 14.8 Å². The predicted molar refractivity (Wildman–Crippen MR) is 93.7 cm³/mol. The second-order valence-corrected chi connectivity index (χ2v) is 5.58. The number of hydrogen-bond donors (Lipinski definition) is 3. The number of nitrogen functional groups attached to an aromatic ring is 1. The smallest absolute Gasteiger partial charge is 0.166 e. The molecule has 0 bridgehead atoms. The number of hydrogen-bond acceptors (Lipinski definition) is 6. The Morgan fingerprint density at radius 1 is 1.16 bits per heavy atom. The summed E-state index contributed by atoms with van der Waals surface area (Å²) < 4.78 is 14.6. The first kappa shape index (κ1) is 16.9. The molecule has 7 nitrogen and oxygen atoms in total. The number of aromatic nitrogens is 3. The first-order valence-corrected chi connectivity index (χ1v) is 7.73. The summed E-state index contributed by atoms with van der Waals surface area (Å²) in [6.45, 7) is 0.760. The summed E-state index contributed by atoms with van der Waals surface area (Å²) in [7, 11) is 0. The molecule has 3 aromatic rings. The highest BCUT2D eigenvalue weighted by atomic mass is 19.1. The number of aliphatic hydroxyl groups excluding tert-OH is 1. The van der Waals surface area contributed by atoms with Gasteiger partial charge in [0.2, 0.25) is 0 Å². The Kier molecular flexibility index (Phi) is 4.92. The minimum Gasteiger partial charge on any atom is -0.396 e. The van der Waals surface area contributed by atoms with E-state index in [1.54, 1.807) is 41.3 Å². The van der Waals surface area contributed by atoms with E-state index in [9.17, 15) is 4.39 Å². The standard InChI is InChI=1S/C17H19FN6O/c18-14-3-1-12(2-4-14)10-24(20)17-15(19)5-6-16(22-17)13-9-21-23(11-13)7-8-25/h1-6,9,11,25H,7-8,10,19-20H2. The van der Waals surface area contributed by atoms with Gasteiger partial charge in [-0.3, -0.25) is 9.69 Å². The average Bonchev–Trinajstić information content (AvgIpc) is 3.06. The van der Waals surface area contributed by atoms with Crippen molar-refractivity contribution in [3.8, 4) is 11.3 Å². The molecule has 0 fully saturated rings. The summed E-state index contributed by atoms with van der Waals surface area (Å²) in [6, 6.07) is 9.59. The Hall–Kier alpha value is -2.97. The van der Waals surface area contributed by atoms with Crippen molar-refractivity contribution in [2.75, 3.05) is 17.3 Å². The number of benzene rings is 1. The Morgan fingerprint density at radius 2 is 1.92 bits per heavy atom. The number of anilines is 2. The first-order chi connectivity index (χ1) is 12.1. The van der Waals surface area contributed by atoms with Gasteiger partial charge in [0.15, 0.2) is 5.82 Å². The minimum absolute atomic E-state index is 0.00971. The first-order valence-electron chi connectivity index (χ1n) is 7.73. The summed E-state index contributed by atoms with van der Waals surface area (Å²) in [5.41, 5.74) is 8.75. The van der Waals surface area contributed by atoms with Crippen LogP contribution in [0.5, 0.6) is 0 Å². The zero-order valence-corrected chi connectivity index (χ0v) is 13.5. The van der Waals surface area contributed by atoms with Crippen LogP contribution < -0.4 is 16.6 Å². The van der Waals surface area contributed by atoms with Crippen LogP contribution >= 0.6 is 0 Å². The largest absolute Gasteiger partial charge is 0.396 e. The molecule has 0 aliphatic rings. The van der Waals surface area contributed by atoms with Gasteiger partial charge in [0.05, 0.1) is 37.3 Å². The molecule has 2 aromatic heterocycles. The van der Waals surface area contributed by atoms with Crippen LogP contribution in [0.25, 0.3) is 11.3 Å². The van der Waals surface area contributed by atoms with Crippen molar-refractivity contribution < 1.29 is 9.50 Å². The molecule has 0 radical (unpaired) electrons. The van der Waals surface area contributed by atoms with Crippen LogP contribution in [0.1, 0.15) is 5.56 Å². The summed E-state index contributed by atoms with van der Waals surface area (Å²) in [5, 5.41) is 14.6. The average molecular weight is 342 g/mol.